The van der Waals surface area contributed by atoms with E-state index < -0.39 is 0 Å². The highest BCUT2D eigenvalue weighted by Crippen LogP contribution is 2.31. The van der Waals surface area contributed by atoms with E-state index in [1.54, 1.807) is 14.2 Å². The molecule has 0 bridgehead atoms. The second-order valence-electron chi connectivity index (χ2n) is 5.71. The van der Waals surface area contributed by atoms with Gasteiger partial charge in [-0.05, 0) is 40.0 Å². The first-order chi connectivity index (χ1) is 13.1. The van der Waals surface area contributed by atoms with E-state index >= 15 is 0 Å². The van der Waals surface area contributed by atoms with Crippen LogP contribution in [0.15, 0.2) is 52.4 Å². The van der Waals surface area contributed by atoms with Crippen molar-refractivity contribution >= 4 is 33.2 Å². The molecular weight excluding hydrogens is 428 g/mol. The van der Waals surface area contributed by atoms with Gasteiger partial charge in [-0.3, -0.25) is 4.79 Å². The van der Waals surface area contributed by atoms with Crippen molar-refractivity contribution in [2.75, 3.05) is 20.8 Å². The number of methoxy groups -OCH3 is 2. The monoisotopic (exact) mass is 446 g/mol. The fourth-order valence-electron chi connectivity index (χ4n) is 2.68. The number of amides is 1. The first kappa shape index (κ1) is 19.4. The maximum atomic E-state index is 12.7. The number of hydrogen-bond acceptors (Lipinski definition) is 5. The lowest BCUT2D eigenvalue weighted by Crippen LogP contribution is -2.25. The van der Waals surface area contributed by atoms with Gasteiger partial charge in [-0.1, -0.05) is 36.4 Å². The average Bonchev–Trinajstić information content (AvgIpc) is 3.10. The van der Waals surface area contributed by atoms with E-state index in [0.29, 0.717) is 39.0 Å². The lowest BCUT2D eigenvalue weighted by atomic mass is 10.1. The van der Waals surface area contributed by atoms with Crippen molar-refractivity contribution in [3.8, 4) is 22.8 Å². The molecule has 1 aromatic heterocycles. The zero-order valence-electron chi connectivity index (χ0n) is 15.0. The Hall–Kier alpha value is -2.38. The number of carbonyl (C=O) groups is 1. The van der Waals surface area contributed by atoms with Gasteiger partial charge < -0.3 is 14.8 Å². The number of benzene rings is 2. The molecule has 0 unspecified atom stereocenters. The van der Waals surface area contributed by atoms with Crippen molar-refractivity contribution < 1.29 is 14.3 Å². The molecule has 0 fully saturated rings. The summed E-state index contributed by atoms with van der Waals surface area (Å²) in [7, 11) is 3.21. The van der Waals surface area contributed by atoms with Gasteiger partial charge in [0.1, 0.15) is 4.88 Å². The van der Waals surface area contributed by atoms with Crippen molar-refractivity contribution in [3.63, 3.8) is 0 Å². The van der Waals surface area contributed by atoms with Gasteiger partial charge in [-0.25, -0.2) is 4.98 Å². The van der Waals surface area contributed by atoms with Gasteiger partial charge in [0.05, 0.1) is 19.9 Å². The van der Waals surface area contributed by atoms with Crippen LogP contribution in [0.5, 0.6) is 11.5 Å². The number of thiazole rings is 1. The Morgan fingerprint density at radius 1 is 1.11 bits per heavy atom. The van der Waals surface area contributed by atoms with Crippen molar-refractivity contribution in [1.29, 1.82) is 0 Å². The highest BCUT2D eigenvalue weighted by atomic mass is 79.9. The normalized spacial score (nSPS) is 10.5. The number of hydrogen-bond donors (Lipinski definition) is 1. The molecule has 0 atom stereocenters. The molecule has 0 saturated heterocycles. The van der Waals surface area contributed by atoms with Crippen LogP contribution in [0.1, 0.15) is 15.2 Å². The van der Waals surface area contributed by atoms with Crippen molar-refractivity contribution in [2.24, 2.45) is 0 Å². The minimum absolute atomic E-state index is 0.127. The molecule has 1 heterocycles. The van der Waals surface area contributed by atoms with Crippen LogP contribution in [-0.2, 0) is 6.42 Å². The molecule has 7 heteroatoms. The molecule has 0 aliphatic carbocycles. The third kappa shape index (κ3) is 4.67. The number of carbonyl (C=O) groups excluding carboxylic acids is 1. The molecule has 3 aromatic rings. The van der Waals surface area contributed by atoms with Gasteiger partial charge in [0, 0.05) is 12.1 Å². The second kappa shape index (κ2) is 9.01. The molecule has 0 saturated carbocycles. The minimum Gasteiger partial charge on any atom is -0.493 e. The lowest BCUT2D eigenvalue weighted by molar-refractivity contribution is 0.0958. The molecule has 0 radical (unpaired) electrons. The molecule has 5 nitrogen and oxygen atoms in total. The van der Waals surface area contributed by atoms with Crippen LogP contribution in [0, 0.1) is 0 Å². The minimum atomic E-state index is -0.127. The van der Waals surface area contributed by atoms with Gasteiger partial charge in [0.25, 0.3) is 5.91 Å². The van der Waals surface area contributed by atoms with E-state index in [2.05, 4.69) is 26.2 Å². The summed E-state index contributed by atoms with van der Waals surface area (Å²) in [6.07, 6.45) is 0.687. The highest BCUT2D eigenvalue weighted by Gasteiger charge is 2.18. The van der Waals surface area contributed by atoms with Crippen LogP contribution in [0.2, 0.25) is 0 Å². The van der Waals surface area contributed by atoms with Crippen LogP contribution in [0.25, 0.3) is 11.3 Å². The zero-order chi connectivity index (χ0) is 19.2. The maximum Gasteiger partial charge on any atom is 0.263 e. The molecule has 0 aliphatic rings. The number of halogens is 1. The summed E-state index contributed by atoms with van der Waals surface area (Å²) in [6.45, 7) is 0.512. The Labute approximate surface area is 170 Å². The molecule has 2 aromatic carbocycles. The van der Waals surface area contributed by atoms with Crippen LogP contribution >= 0.6 is 27.3 Å². The predicted molar refractivity (Wildman–Crippen MR) is 111 cm³/mol. The number of ether oxygens (including phenoxy) is 2. The standard InChI is InChI=1S/C20H19BrN2O3S/c1-25-15-9-8-13(12-16(15)26-2)10-11-22-19(24)18-17(23-20(21)27-18)14-6-4-3-5-7-14/h3-9,12H,10-11H2,1-2H3,(H,22,24). The van der Waals surface area contributed by atoms with Gasteiger partial charge in [-0.2, -0.15) is 0 Å². The first-order valence-corrected chi connectivity index (χ1v) is 9.94. The summed E-state index contributed by atoms with van der Waals surface area (Å²) >= 11 is 4.72. The van der Waals surface area contributed by atoms with Gasteiger partial charge in [0.2, 0.25) is 0 Å². The Balaban J connectivity index is 1.67. The van der Waals surface area contributed by atoms with Crippen molar-refractivity contribution in [3.05, 3.63) is 62.9 Å². The Kier molecular flexibility index (Phi) is 6.47. The summed E-state index contributed by atoms with van der Waals surface area (Å²) in [5, 5.41) is 2.98. The highest BCUT2D eigenvalue weighted by molar-refractivity contribution is 9.11. The summed E-state index contributed by atoms with van der Waals surface area (Å²) in [5.41, 5.74) is 2.67. The molecule has 1 amide bonds. The van der Waals surface area contributed by atoms with Crippen LogP contribution in [0.3, 0.4) is 0 Å². The summed E-state index contributed by atoms with van der Waals surface area (Å²) in [4.78, 5) is 17.7. The Bertz CT molecular complexity index is 928. The number of aromatic nitrogens is 1. The van der Waals surface area contributed by atoms with Crippen LogP contribution < -0.4 is 14.8 Å². The summed E-state index contributed by atoms with van der Waals surface area (Å²) < 4.78 is 11.2. The topological polar surface area (TPSA) is 60.5 Å². The Morgan fingerprint density at radius 3 is 2.56 bits per heavy atom. The number of rotatable bonds is 7. The lowest BCUT2D eigenvalue weighted by Gasteiger charge is -2.10. The van der Waals surface area contributed by atoms with Crippen LogP contribution in [0.4, 0.5) is 0 Å². The van der Waals surface area contributed by atoms with Crippen molar-refractivity contribution in [1.82, 2.24) is 10.3 Å². The van der Waals surface area contributed by atoms with E-state index in [1.807, 2.05) is 48.5 Å². The number of nitrogens with zero attached hydrogens (tertiary/aromatic N) is 1. The van der Waals surface area contributed by atoms with E-state index in [1.165, 1.54) is 11.3 Å². The third-order valence-corrected chi connectivity index (χ3v) is 5.51. The molecule has 3 rings (SSSR count). The van der Waals surface area contributed by atoms with E-state index in [4.69, 9.17) is 9.47 Å². The zero-order valence-corrected chi connectivity index (χ0v) is 17.4. The van der Waals surface area contributed by atoms with E-state index in [9.17, 15) is 4.79 Å². The van der Waals surface area contributed by atoms with Gasteiger partial charge in [-0.15, -0.1) is 11.3 Å². The molecule has 0 aliphatic heterocycles. The largest absolute Gasteiger partial charge is 0.493 e. The molecule has 0 spiro atoms. The van der Waals surface area contributed by atoms with E-state index in [0.717, 1.165) is 11.1 Å². The fourth-order valence-corrected chi connectivity index (χ4v) is 4.07. The number of nitrogens with one attached hydrogen (secondary N) is 1. The SMILES string of the molecule is COc1ccc(CCNC(=O)c2sc(Br)nc2-c2ccccc2)cc1OC. The average molecular weight is 447 g/mol. The maximum absolute atomic E-state index is 12.7. The van der Waals surface area contributed by atoms with Crippen LogP contribution in [-0.4, -0.2) is 31.7 Å². The smallest absolute Gasteiger partial charge is 0.263 e. The van der Waals surface area contributed by atoms with Gasteiger partial charge >= 0.3 is 0 Å². The predicted octanol–water partition coefficient (Wildman–Crippen LogP) is 4.56. The fraction of sp³-hybridized carbons (Fsp3) is 0.200. The third-order valence-electron chi connectivity index (χ3n) is 4.00. The quantitative estimate of drug-likeness (QED) is 0.577. The van der Waals surface area contributed by atoms with E-state index in [-0.39, 0.29) is 5.91 Å². The summed E-state index contributed by atoms with van der Waals surface area (Å²) in [6, 6.07) is 15.4. The molecule has 140 valence electrons. The molecular formula is C20H19BrN2O3S. The first-order valence-electron chi connectivity index (χ1n) is 8.33. The van der Waals surface area contributed by atoms with Crippen molar-refractivity contribution in [2.45, 2.75) is 6.42 Å². The molecule has 1 N–H and O–H groups in total. The second-order valence-corrected chi connectivity index (χ2v) is 7.98. The van der Waals surface area contributed by atoms with Gasteiger partial charge in [0.15, 0.2) is 15.4 Å². The molecule has 27 heavy (non-hydrogen) atoms. The summed E-state index contributed by atoms with van der Waals surface area (Å²) in [5.74, 6) is 1.24. The Morgan fingerprint density at radius 2 is 1.85 bits per heavy atom.